The Kier molecular flexibility index (Phi) is 6.30. The van der Waals surface area contributed by atoms with Gasteiger partial charge < -0.3 is 15.0 Å². The molecule has 1 aromatic carbocycles. The van der Waals surface area contributed by atoms with Gasteiger partial charge in [0.25, 0.3) is 5.91 Å². The predicted octanol–water partition coefficient (Wildman–Crippen LogP) is 2.14. The summed E-state index contributed by atoms with van der Waals surface area (Å²) in [6.07, 6.45) is 3.96. The molecule has 1 saturated carbocycles. The van der Waals surface area contributed by atoms with Gasteiger partial charge in [0.15, 0.2) is 0 Å². The molecule has 1 N–H and O–H groups in total. The third-order valence-electron chi connectivity index (χ3n) is 5.44. The highest BCUT2D eigenvalue weighted by Crippen LogP contribution is 2.41. The normalized spacial score (nSPS) is 21.3. The van der Waals surface area contributed by atoms with Crippen molar-refractivity contribution in [3.05, 3.63) is 35.4 Å². The van der Waals surface area contributed by atoms with E-state index in [0.29, 0.717) is 32.0 Å². The average Bonchev–Trinajstić information content (AvgIpc) is 3.00. The summed E-state index contributed by atoms with van der Waals surface area (Å²) < 4.78 is 33.6. The van der Waals surface area contributed by atoms with Crippen LogP contribution >= 0.6 is 0 Å². The Balaban J connectivity index is 1.87. The van der Waals surface area contributed by atoms with E-state index >= 15 is 0 Å². The van der Waals surface area contributed by atoms with Gasteiger partial charge in [0.05, 0.1) is 12.2 Å². The third-order valence-corrected chi connectivity index (χ3v) is 5.44. The molecular weight excluding hydrogens is 368 g/mol. The van der Waals surface area contributed by atoms with E-state index in [1.165, 1.54) is 4.90 Å². The van der Waals surface area contributed by atoms with Crippen LogP contribution < -0.4 is 5.32 Å². The molecule has 1 atom stereocenters. The van der Waals surface area contributed by atoms with Gasteiger partial charge in [-0.25, -0.2) is 8.78 Å². The topological polar surface area (TPSA) is 61.9 Å². The molecule has 28 heavy (non-hydrogen) atoms. The Morgan fingerprint density at radius 3 is 2.61 bits per heavy atom. The second-order valence-electron chi connectivity index (χ2n) is 7.73. The van der Waals surface area contributed by atoms with E-state index in [4.69, 9.17) is 4.74 Å². The summed E-state index contributed by atoms with van der Waals surface area (Å²) >= 11 is 0. The van der Waals surface area contributed by atoms with Crippen LogP contribution in [0.1, 0.15) is 42.5 Å². The summed E-state index contributed by atoms with van der Waals surface area (Å²) in [6.45, 7) is 1.16. The summed E-state index contributed by atoms with van der Waals surface area (Å²) in [4.78, 5) is 29.4. The van der Waals surface area contributed by atoms with Crippen LogP contribution in [0.4, 0.5) is 8.78 Å². The smallest absolute Gasteiger partial charge is 0.259 e. The van der Waals surface area contributed by atoms with Crippen molar-refractivity contribution in [1.29, 1.82) is 0 Å². The molecule has 0 radical (unpaired) electrons. The van der Waals surface area contributed by atoms with Crippen molar-refractivity contribution in [3.8, 4) is 0 Å². The summed E-state index contributed by atoms with van der Waals surface area (Å²) in [7, 11) is 3.80. The second kappa shape index (κ2) is 8.53. The molecule has 6 nitrogen and oxygen atoms in total. The fraction of sp³-hybridized carbons (Fsp3) is 0.600. The number of amides is 2. The lowest BCUT2D eigenvalue weighted by Gasteiger charge is -2.41. The molecule has 2 aliphatic rings. The van der Waals surface area contributed by atoms with E-state index in [-0.39, 0.29) is 18.1 Å². The van der Waals surface area contributed by atoms with Gasteiger partial charge in [-0.2, -0.15) is 0 Å². The Morgan fingerprint density at radius 1 is 1.25 bits per heavy atom. The third kappa shape index (κ3) is 4.17. The molecule has 1 spiro atoms. The van der Waals surface area contributed by atoms with Gasteiger partial charge in [-0.1, -0.05) is 6.42 Å². The van der Waals surface area contributed by atoms with Crippen LogP contribution in [0.5, 0.6) is 0 Å². The Bertz CT molecular complexity index is 735. The van der Waals surface area contributed by atoms with Crippen LogP contribution in [0.25, 0.3) is 0 Å². The van der Waals surface area contributed by atoms with E-state index in [2.05, 4.69) is 5.32 Å². The maximum absolute atomic E-state index is 14.3. The maximum Gasteiger partial charge on any atom is 0.259 e. The molecule has 1 saturated heterocycles. The highest BCUT2D eigenvalue weighted by molar-refractivity contribution is 5.98. The van der Waals surface area contributed by atoms with Crippen molar-refractivity contribution in [2.45, 2.75) is 43.9 Å². The number of hydrogen-bond donors (Lipinski definition) is 1. The van der Waals surface area contributed by atoms with Crippen LogP contribution in [0.3, 0.4) is 0 Å². The van der Waals surface area contributed by atoms with Crippen molar-refractivity contribution in [3.63, 3.8) is 0 Å². The molecule has 1 aliphatic carbocycles. The highest BCUT2D eigenvalue weighted by atomic mass is 19.1. The lowest BCUT2D eigenvalue weighted by atomic mass is 9.89. The average molecular weight is 395 g/mol. The quantitative estimate of drug-likeness (QED) is 0.830. The lowest BCUT2D eigenvalue weighted by molar-refractivity contribution is -0.127. The zero-order chi connectivity index (χ0) is 20.3. The molecule has 154 valence electrons. The Hall–Kier alpha value is -2.06. The largest absolute Gasteiger partial charge is 0.353 e. The van der Waals surface area contributed by atoms with Gasteiger partial charge in [-0.05, 0) is 51.9 Å². The summed E-state index contributed by atoms with van der Waals surface area (Å²) in [5.41, 5.74) is -1.15. The van der Waals surface area contributed by atoms with E-state index in [1.54, 1.807) is 0 Å². The number of nitrogens with zero attached hydrogens (tertiary/aromatic N) is 2. The number of nitrogens with one attached hydrogen (secondary N) is 1. The van der Waals surface area contributed by atoms with Crippen LogP contribution in [0.15, 0.2) is 18.2 Å². The highest BCUT2D eigenvalue weighted by Gasteiger charge is 2.53. The lowest BCUT2D eigenvalue weighted by Crippen LogP contribution is -2.56. The number of benzene rings is 1. The Morgan fingerprint density at radius 2 is 1.96 bits per heavy atom. The molecule has 1 aromatic rings. The predicted molar refractivity (Wildman–Crippen MR) is 99.6 cm³/mol. The molecule has 2 amide bonds. The number of carbonyl (C=O) groups is 2. The van der Waals surface area contributed by atoms with Crippen molar-refractivity contribution in [1.82, 2.24) is 15.1 Å². The molecule has 3 rings (SSSR count). The van der Waals surface area contributed by atoms with Gasteiger partial charge in [0, 0.05) is 19.2 Å². The maximum atomic E-state index is 14.3. The fourth-order valence-corrected chi connectivity index (χ4v) is 3.98. The molecule has 0 aromatic heterocycles. The van der Waals surface area contributed by atoms with Crippen LogP contribution in [-0.2, 0) is 9.53 Å². The monoisotopic (exact) mass is 395 g/mol. The SMILES string of the molecule is CN(C)CCNC(=O)[C@H]1COC2(CCCCC2)N1C(=O)c1ccc(F)cc1F. The van der Waals surface area contributed by atoms with Crippen molar-refractivity contribution in [2.75, 3.05) is 33.8 Å². The van der Waals surface area contributed by atoms with E-state index in [1.807, 2.05) is 19.0 Å². The zero-order valence-corrected chi connectivity index (χ0v) is 16.3. The minimum Gasteiger partial charge on any atom is -0.353 e. The van der Waals surface area contributed by atoms with Gasteiger partial charge in [-0.15, -0.1) is 0 Å². The molecule has 0 unspecified atom stereocenters. The first-order chi connectivity index (χ1) is 13.3. The number of carbonyl (C=O) groups excluding carboxylic acids is 2. The molecule has 2 fully saturated rings. The molecule has 0 bridgehead atoms. The first-order valence-electron chi connectivity index (χ1n) is 9.69. The minimum absolute atomic E-state index is 0.0718. The number of likely N-dealkylation sites (N-methyl/N-ethyl adjacent to an activating group) is 1. The van der Waals surface area contributed by atoms with E-state index in [9.17, 15) is 18.4 Å². The molecule has 8 heteroatoms. The number of hydrogen-bond acceptors (Lipinski definition) is 4. The standard InChI is InChI=1S/C20H27F2N3O3/c1-24(2)11-10-23-18(26)17-13-28-20(8-4-3-5-9-20)25(17)19(27)15-7-6-14(21)12-16(15)22/h6-7,12,17H,3-5,8-11,13H2,1-2H3,(H,23,26)/t17-/m1/s1. The number of halogens is 2. The second-order valence-corrected chi connectivity index (χ2v) is 7.73. The van der Waals surface area contributed by atoms with Crippen LogP contribution in [-0.4, -0.2) is 67.2 Å². The van der Waals surface area contributed by atoms with Crippen molar-refractivity contribution in [2.24, 2.45) is 0 Å². The summed E-state index contributed by atoms with van der Waals surface area (Å²) in [5, 5.41) is 2.83. The molecular formula is C20H27F2N3O3. The van der Waals surface area contributed by atoms with Gasteiger partial charge in [0.1, 0.15) is 23.4 Å². The summed E-state index contributed by atoms with van der Waals surface area (Å²) in [6, 6.07) is 2.02. The van der Waals surface area contributed by atoms with Crippen LogP contribution in [0.2, 0.25) is 0 Å². The zero-order valence-electron chi connectivity index (χ0n) is 16.3. The number of rotatable bonds is 5. The molecule has 1 heterocycles. The first-order valence-corrected chi connectivity index (χ1v) is 9.69. The van der Waals surface area contributed by atoms with E-state index < -0.39 is 29.3 Å². The first kappa shape index (κ1) is 20.7. The van der Waals surface area contributed by atoms with Gasteiger partial charge in [0.2, 0.25) is 5.91 Å². The minimum atomic E-state index is -0.936. The molecule has 1 aliphatic heterocycles. The van der Waals surface area contributed by atoms with Crippen molar-refractivity contribution >= 4 is 11.8 Å². The van der Waals surface area contributed by atoms with Crippen LogP contribution in [0, 0.1) is 11.6 Å². The van der Waals surface area contributed by atoms with Gasteiger partial charge in [-0.3, -0.25) is 14.5 Å². The van der Waals surface area contributed by atoms with E-state index in [0.717, 1.165) is 31.4 Å². The van der Waals surface area contributed by atoms with Crippen molar-refractivity contribution < 1.29 is 23.1 Å². The number of ether oxygens (including phenoxy) is 1. The summed E-state index contributed by atoms with van der Waals surface area (Å²) in [5.74, 6) is -2.64. The fourth-order valence-electron chi connectivity index (χ4n) is 3.98. The van der Waals surface area contributed by atoms with Gasteiger partial charge >= 0.3 is 0 Å². The Labute approximate surface area is 163 Å².